The molecule has 0 spiro atoms. The molecule has 3 fully saturated rings. The number of pyridine rings is 2. The Morgan fingerprint density at radius 1 is 0.804 bits per heavy atom. The van der Waals surface area contributed by atoms with Crippen molar-refractivity contribution in [3.63, 3.8) is 0 Å². The lowest BCUT2D eigenvalue weighted by molar-refractivity contribution is -0.137. The number of nitrogens with zero attached hydrogens (tertiary/aromatic N) is 8. The van der Waals surface area contributed by atoms with Gasteiger partial charge in [-0.25, -0.2) is 14.8 Å². The van der Waals surface area contributed by atoms with E-state index in [0.717, 1.165) is 51.2 Å². The first-order valence-corrected chi connectivity index (χ1v) is 18.7. The molecule has 7 heterocycles. The number of fused-ring (bicyclic) bond motifs is 4. The lowest BCUT2D eigenvalue weighted by Gasteiger charge is -2.40. The number of nitrogens with one attached hydrogen (secondary N) is 1. The van der Waals surface area contributed by atoms with Crippen molar-refractivity contribution in [2.24, 2.45) is 13.0 Å². The van der Waals surface area contributed by atoms with Crippen LogP contribution in [0.5, 0.6) is 0 Å². The maximum Gasteiger partial charge on any atom is 0.419 e. The second kappa shape index (κ2) is 13.6. The molecular weight excluding hydrogens is 727 g/mol. The molecule has 0 atom stereocenters. The highest BCUT2D eigenvalue weighted by molar-refractivity contribution is 6.24. The fourth-order valence-corrected chi connectivity index (χ4v) is 8.66. The van der Waals surface area contributed by atoms with Crippen LogP contribution in [0.15, 0.2) is 67.1 Å². The number of alkyl halides is 3. The molecule has 3 aromatic heterocycles. The fraction of sp³-hybridized carbons (Fsp3) is 0.350. The maximum absolute atomic E-state index is 14.6. The summed E-state index contributed by atoms with van der Waals surface area (Å²) in [6.07, 6.45) is 2.10. The van der Waals surface area contributed by atoms with Crippen molar-refractivity contribution in [1.82, 2.24) is 34.8 Å². The summed E-state index contributed by atoms with van der Waals surface area (Å²) >= 11 is 0. The molecule has 16 heteroatoms. The molecule has 56 heavy (non-hydrogen) atoms. The van der Waals surface area contributed by atoms with Gasteiger partial charge in [0.25, 0.3) is 11.8 Å². The van der Waals surface area contributed by atoms with Crippen LogP contribution in [0.2, 0.25) is 0 Å². The number of carbonyl (C=O) groups excluding carboxylic acids is 4. The number of carbonyl (C=O) groups is 4. The SMILES string of the molecule is Cn1c2ccncc2c2ccc(-c3cnc(N4CCN(CC5CCN(c6cccc7c6C(=O)N(N6CCC(=O)NC6=O)C7=O)CC5)CC4)c(C(F)(F)F)c3)cc21. The van der Waals surface area contributed by atoms with Crippen molar-refractivity contribution in [3.8, 4) is 11.1 Å². The zero-order chi connectivity index (χ0) is 38.9. The molecule has 4 aliphatic rings. The number of imide groups is 2. The second-order valence-corrected chi connectivity index (χ2v) is 14.8. The van der Waals surface area contributed by atoms with Gasteiger partial charge < -0.3 is 14.4 Å². The van der Waals surface area contributed by atoms with Gasteiger partial charge in [-0.2, -0.15) is 18.2 Å². The molecule has 5 amide bonds. The number of amides is 5. The van der Waals surface area contributed by atoms with Gasteiger partial charge in [0.15, 0.2) is 0 Å². The molecule has 2 aromatic carbocycles. The van der Waals surface area contributed by atoms with Crippen molar-refractivity contribution < 1.29 is 32.3 Å². The normalized spacial score (nSPS) is 18.8. The van der Waals surface area contributed by atoms with E-state index in [1.165, 1.54) is 12.3 Å². The van der Waals surface area contributed by atoms with E-state index in [2.05, 4.69) is 25.1 Å². The average Bonchev–Trinajstić information content (AvgIpc) is 3.63. The minimum absolute atomic E-state index is 0.0172. The summed E-state index contributed by atoms with van der Waals surface area (Å²) in [6, 6.07) is 13.1. The number of anilines is 2. The van der Waals surface area contributed by atoms with Gasteiger partial charge in [0.05, 0.1) is 34.4 Å². The van der Waals surface area contributed by atoms with Gasteiger partial charge in [-0.1, -0.05) is 18.2 Å². The van der Waals surface area contributed by atoms with Crippen LogP contribution in [0.25, 0.3) is 32.9 Å². The van der Waals surface area contributed by atoms with Crippen molar-refractivity contribution in [1.29, 1.82) is 0 Å². The summed E-state index contributed by atoms with van der Waals surface area (Å²) < 4.78 is 45.8. The quantitative estimate of drug-likeness (QED) is 0.229. The number of piperidine rings is 1. The Morgan fingerprint density at radius 2 is 1.59 bits per heavy atom. The number of rotatable bonds is 6. The first-order chi connectivity index (χ1) is 27.0. The summed E-state index contributed by atoms with van der Waals surface area (Å²) in [5.41, 5.74) is 3.30. The third-order valence-electron chi connectivity index (χ3n) is 11.6. The minimum atomic E-state index is -4.59. The molecule has 3 saturated heterocycles. The van der Waals surface area contributed by atoms with E-state index in [9.17, 15) is 32.3 Å². The Kier molecular flexibility index (Phi) is 8.67. The number of aromatic nitrogens is 3. The average molecular weight is 766 g/mol. The summed E-state index contributed by atoms with van der Waals surface area (Å²) in [5, 5.41) is 5.94. The van der Waals surface area contributed by atoms with Gasteiger partial charge in [0, 0.05) is 99.7 Å². The zero-order valence-electron chi connectivity index (χ0n) is 30.6. The Morgan fingerprint density at radius 3 is 2.34 bits per heavy atom. The monoisotopic (exact) mass is 765 g/mol. The number of hydrogen-bond acceptors (Lipinski definition) is 9. The number of urea groups is 1. The highest BCUT2D eigenvalue weighted by atomic mass is 19.4. The summed E-state index contributed by atoms with van der Waals surface area (Å²) in [5.74, 6) is -1.37. The number of hydrazine groups is 1. The molecule has 0 saturated carbocycles. The van der Waals surface area contributed by atoms with Gasteiger partial charge in [0.1, 0.15) is 5.82 Å². The fourth-order valence-electron chi connectivity index (χ4n) is 8.66. The second-order valence-electron chi connectivity index (χ2n) is 14.8. The Balaban J connectivity index is 0.839. The van der Waals surface area contributed by atoms with Gasteiger partial charge in [-0.05, 0) is 54.7 Å². The lowest BCUT2D eigenvalue weighted by atomic mass is 9.94. The van der Waals surface area contributed by atoms with E-state index < -0.39 is 35.5 Å². The van der Waals surface area contributed by atoms with Gasteiger partial charge in [0.2, 0.25) is 5.91 Å². The van der Waals surface area contributed by atoms with E-state index in [-0.39, 0.29) is 29.9 Å². The van der Waals surface area contributed by atoms with Crippen LogP contribution in [0.3, 0.4) is 0 Å². The molecule has 0 bridgehead atoms. The third kappa shape index (κ3) is 6.08. The molecule has 0 unspecified atom stereocenters. The van der Waals surface area contributed by atoms with Crippen LogP contribution in [0.1, 0.15) is 45.5 Å². The number of halogens is 3. The van der Waals surface area contributed by atoms with Crippen LogP contribution < -0.4 is 15.1 Å². The van der Waals surface area contributed by atoms with Gasteiger partial charge in [-0.15, -0.1) is 0 Å². The molecule has 13 nitrogen and oxygen atoms in total. The molecule has 9 rings (SSSR count). The highest BCUT2D eigenvalue weighted by Crippen LogP contribution is 2.40. The van der Waals surface area contributed by atoms with Crippen molar-refractivity contribution in [2.45, 2.75) is 25.4 Å². The molecule has 0 radical (unpaired) electrons. The molecule has 4 aliphatic heterocycles. The molecule has 0 aliphatic carbocycles. The maximum atomic E-state index is 14.6. The lowest BCUT2D eigenvalue weighted by Crippen LogP contribution is -2.58. The van der Waals surface area contributed by atoms with E-state index >= 15 is 0 Å². The molecule has 1 N–H and O–H groups in total. The van der Waals surface area contributed by atoms with Crippen molar-refractivity contribution in [3.05, 3.63) is 83.8 Å². The van der Waals surface area contributed by atoms with Crippen LogP contribution in [-0.2, 0) is 18.0 Å². The van der Waals surface area contributed by atoms with Crippen LogP contribution in [-0.4, -0.2) is 106 Å². The van der Waals surface area contributed by atoms with E-state index in [1.807, 2.05) is 41.9 Å². The molecule has 288 valence electrons. The number of hydrogen-bond donors (Lipinski definition) is 1. The van der Waals surface area contributed by atoms with Crippen molar-refractivity contribution >= 4 is 57.1 Å². The number of benzene rings is 2. The Labute approximate surface area is 319 Å². The standard InChI is InChI=1S/C40H38F3N9O4/c1-47-31-7-11-44-22-29(31)27-6-5-25(20-33(27)47)26-19-30(40(41,42)43)36(45-21-26)50-17-15-48(16-18-50)23-24-8-12-49(13-9-24)32-4-2-3-28-35(32)38(55)52(37(28)54)51-14-10-34(53)46-39(51)56/h2-7,11,19-22,24H,8-10,12-18,23H2,1H3,(H,46,53,56). The van der Waals surface area contributed by atoms with Gasteiger partial charge >= 0.3 is 12.2 Å². The van der Waals surface area contributed by atoms with E-state index in [0.29, 0.717) is 62.0 Å². The number of aryl methyl sites for hydroxylation is 1. The van der Waals surface area contributed by atoms with Crippen molar-refractivity contribution in [2.75, 3.05) is 62.2 Å². The molecular formula is C40H38F3N9O4. The summed E-state index contributed by atoms with van der Waals surface area (Å²) in [4.78, 5) is 65.8. The predicted octanol–water partition coefficient (Wildman–Crippen LogP) is 5.30. The van der Waals surface area contributed by atoms with E-state index in [1.54, 1.807) is 29.4 Å². The Bertz CT molecular complexity index is 2430. The Hall–Kier alpha value is -6.03. The summed E-state index contributed by atoms with van der Waals surface area (Å²) in [7, 11) is 1.93. The minimum Gasteiger partial charge on any atom is -0.371 e. The summed E-state index contributed by atoms with van der Waals surface area (Å²) in [6.45, 7) is 4.05. The van der Waals surface area contributed by atoms with Gasteiger partial charge in [-0.3, -0.25) is 29.6 Å². The molecule has 5 aromatic rings. The topological polar surface area (TPSA) is 127 Å². The van der Waals surface area contributed by atoms with Crippen LogP contribution in [0.4, 0.5) is 29.5 Å². The smallest absolute Gasteiger partial charge is 0.371 e. The zero-order valence-corrected chi connectivity index (χ0v) is 30.6. The first-order valence-electron chi connectivity index (χ1n) is 18.7. The van der Waals surface area contributed by atoms with E-state index in [4.69, 9.17) is 0 Å². The van der Waals surface area contributed by atoms with Crippen LogP contribution >= 0.6 is 0 Å². The predicted molar refractivity (Wildman–Crippen MR) is 202 cm³/mol. The first kappa shape index (κ1) is 35.7. The van der Waals surface area contributed by atoms with Crippen LogP contribution in [0, 0.1) is 5.92 Å². The largest absolute Gasteiger partial charge is 0.419 e. The highest BCUT2D eigenvalue weighted by Gasteiger charge is 2.45. The third-order valence-corrected chi connectivity index (χ3v) is 11.6. The number of piperazine rings is 1.